The normalized spacial score (nSPS) is 10.8. The summed E-state index contributed by atoms with van der Waals surface area (Å²) in [5.74, 6) is -5.26. The Labute approximate surface area is 165 Å². The van der Waals surface area contributed by atoms with Crippen LogP contribution in [-0.2, 0) is 6.61 Å². The van der Waals surface area contributed by atoms with E-state index in [2.05, 4.69) is 0 Å². The predicted molar refractivity (Wildman–Crippen MR) is 96.2 cm³/mol. The Bertz CT molecular complexity index is 1160. The van der Waals surface area contributed by atoms with Crippen molar-refractivity contribution in [2.45, 2.75) is 6.61 Å². The van der Waals surface area contributed by atoms with Crippen LogP contribution in [0.2, 0.25) is 5.02 Å². The molecule has 2 N–H and O–H groups in total. The Hall–Kier alpha value is -3.33. The molecule has 0 aliphatic heterocycles. The van der Waals surface area contributed by atoms with Crippen molar-refractivity contribution < 1.29 is 27.1 Å². The molecule has 0 spiro atoms. The van der Waals surface area contributed by atoms with Crippen LogP contribution in [0, 0.1) is 23.3 Å². The van der Waals surface area contributed by atoms with E-state index >= 15 is 0 Å². The van der Waals surface area contributed by atoms with E-state index in [0.29, 0.717) is 22.8 Å². The maximum atomic E-state index is 14.3. The van der Waals surface area contributed by atoms with Crippen LogP contribution in [0.1, 0.15) is 15.9 Å². The lowest BCUT2D eigenvalue weighted by molar-refractivity contribution is 0.0999. The number of nitrogens with zero attached hydrogens (tertiary/aromatic N) is 1. The standard InChI is InChI=1S/C19H11ClF4N2O3/c20-16-15(29-8-9-1-2-11(21)7-12(9)22)3-4-26(19(16)28)17-13(23)5-10(18(25)27)6-14(17)24/h1-7H,8H2,(H2,25,27). The van der Waals surface area contributed by atoms with Crippen molar-refractivity contribution >= 4 is 17.5 Å². The van der Waals surface area contributed by atoms with E-state index in [1.54, 1.807) is 0 Å². The molecule has 3 aromatic rings. The number of halogens is 5. The van der Waals surface area contributed by atoms with Crippen molar-refractivity contribution in [2.75, 3.05) is 0 Å². The Balaban J connectivity index is 1.94. The average molecular weight is 427 g/mol. The molecule has 1 amide bonds. The second-order valence-electron chi connectivity index (χ2n) is 5.85. The maximum absolute atomic E-state index is 14.3. The number of hydrogen-bond acceptors (Lipinski definition) is 3. The molecular weight excluding hydrogens is 416 g/mol. The molecular formula is C19H11ClF4N2O3. The van der Waals surface area contributed by atoms with Crippen LogP contribution in [0.3, 0.4) is 0 Å². The summed E-state index contributed by atoms with van der Waals surface area (Å²) in [6, 6.07) is 5.37. The zero-order chi connectivity index (χ0) is 21.3. The average Bonchev–Trinajstić information content (AvgIpc) is 2.65. The molecule has 29 heavy (non-hydrogen) atoms. The molecule has 2 aromatic carbocycles. The number of nitrogens with two attached hydrogens (primary N) is 1. The van der Waals surface area contributed by atoms with Crippen LogP contribution in [0.15, 0.2) is 47.4 Å². The van der Waals surface area contributed by atoms with E-state index in [0.717, 1.165) is 24.4 Å². The third-order valence-corrected chi connectivity index (χ3v) is 4.29. The van der Waals surface area contributed by atoms with Crippen LogP contribution in [0.4, 0.5) is 17.6 Å². The second kappa shape index (κ2) is 7.96. The van der Waals surface area contributed by atoms with Crippen LogP contribution >= 0.6 is 11.6 Å². The van der Waals surface area contributed by atoms with Gasteiger partial charge in [-0.15, -0.1) is 0 Å². The van der Waals surface area contributed by atoms with E-state index in [1.807, 2.05) is 0 Å². The monoisotopic (exact) mass is 426 g/mol. The van der Waals surface area contributed by atoms with Gasteiger partial charge in [0.05, 0.1) is 0 Å². The highest BCUT2D eigenvalue weighted by Gasteiger charge is 2.19. The highest BCUT2D eigenvalue weighted by atomic mass is 35.5. The molecule has 150 valence electrons. The topological polar surface area (TPSA) is 74.3 Å². The Morgan fingerprint density at radius 2 is 1.69 bits per heavy atom. The molecule has 0 aliphatic rings. The first kappa shape index (κ1) is 20.4. The van der Waals surface area contributed by atoms with E-state index < -0.39 is 51.0 Å². The maximum Gasteiger partial charge on any atom is 0.277 e. The van der Waals surface area contributed by atoms with Gasteiger partial charge >= 0.3 is 0 Å². The summed E-state index contributed by atoms with van der Waals surface area (Å²) < 4.78 is 61.0. The number of carbonyl (C=O) groups excluding carboxylic acids is 1. The van der Waals surface area contributed by atoms with Crippen LogP contribution in [-0.4, -0.2) is 10.5 Å². The van der Waals surface area contributed by atoms with Crippen molar-refractivity contribution in [3.63, 3.8) is 0 Å². The number of carbonyl (C=O) groups is 1. The van der Waals surface area contributed by atoms with Crippen molar-refractivity contribution in [2.24, 2.45) is 5.73 Å². The largest absolute Gasteiger partial charge is 0.487 e. The van der Waals surface area contributed by atoms with Crippen LogP contribution < -0.4 is 16.0 Å². The van der Waals surface area contributed by atoms with Gasteiger partial charge in [-0.3, -0.25) is 14.2 Å². The molecule has 10 heteroatoms. The fourth-order valence-corrected chi connectivity index (χ4v) is 2.72. The minimum atomic E-state index is -1.21. The number of rotatable bonds is 5. The summed E-state index contributed by atoms with van der Waals surface area (Å²) in [6.07, 6.45) is 0.996. The first-order valence-corrected chi connectivity index (χ1v) is 8.34. The first-order chi connectivity index (χ1) is 13.7. The minimum absolute atomic E-state index is 0.00535. The second-order valence-corrected chi connectivity index (χ2v) is 6.22. The fourth-order valence-electron chi connectivity index (χ4n) is 2.51. The third kappa shape index (κ3) is 4.09. The Morgan fingerprint density at radius 3 is 2.28 bits per heavy atom. The molecule has 0 bridgehead atoms. The zero-order valence-corrected chi connectivity index (χ0v) is 15.1. The number of hydrogen-bond donors (Lipinski definition) is 1. The molecule has 0 saturated carbocycles. The van der Waals surface area contributed by atoms with Gasteiger partial charge < -0.3 is 10.5 Å². The number of amides is 1. The number of pyridine rings is 1. The van der Waals surface area contributed by atoms with E-state index in [4.69, 9.17) is 22.1 Å². The molecule has 1 aromatic heterocycles. The van der Waals surface area contributed by atoms with E-state index in [-0.39, 0.29) is 17.9 Å². The third-order valence-electron chi connectivity index (χ3n) is 3.94. The number of ether oxygens (including phenoxy) is 1. The van der Waals surface area contributed by atoms with Crippen molar-refractivity contribution in [3.8, 4) is 11.4 Å². The summed E-state index contributed by atoms with van der Waals surface area (Å²) in [7, 11) is 0. The Kier molecular flexibility index (Phi) is 5.60. The molecule has 3 rings (SSSR count). The summed E-state index contributed by atoms with van der Waals surface area (Å²) in [5, 5.41) is -0.521. The summed E-state index contributed by atoms with van der Waals surface area (Å²) in [5.41, 5.74) is 2.80. The first-order valence-electron chi connectivity index (χ1n) is 7.96. The smallest absolute Gasteiger partial charge is 0.277 e. The van der Waals surface area contributed by atoms with Gasteiger partial charge in [-0.1, -0.05) is 11.6 Å². The van der Waals surface area contributed by atoms with Gasteiger partial charge in [0.2, 0.25) is 5.91 Å². The molecule has 0 atom stereocenters. The zero-order valence-electron chi connectivity index (χ0n) is 14.4. The van der Waals surface area contributed by atoms with E-state index in [9.17, 15) is 27.2 Å². The summed E-state index contributed by atoms with van der Waals surface area (Å²) >= 11 is 5.93. The molecule has 5 nitrogen and oxygen atoms in total. The number of primary amides is 1. The SMILES string of the molecule is NC(=O)c1cc(F)c(-n2ccc(OCc3ccc(F)cc3F)c(Cl)c2=O)c(F)c1. The number of benzene rings is 2. The minimum Gasteiger partial charge on any atom is -0.487 e. The summed E-state index contributed by atoms with van der Waals surface area (Å²) in [6.45, 7) is -0.370. The lowest BCUT2D eigenvalue weighted by Crippen LogP contribution is -2.22. The van der Waals surface area contributed by atoms with E-state index in [1.165, 1.54) is 0 Å². The van der Waals surface area contributed by atoms with Gasteiger partial charge in [0.15, 0.2) is 11.6 Å². The van der Waals surface area contributed by atoms with Crippen LogP contribution in [0.5, 0.6) is 5.75 Å². The van der Waals surface area contributed by atoms with Gasteiger partial charge in [-0.05, 0) is 30.3 Å². The Morgan fingerprint density at radius 1 is 1.03 bits per heavy atom. The molecule has 0 saturated heterocycles. The molecule has 0 aliphatic carbocycles. The van der Waals surface area contributed by atoms with Gasteiger partial charge in [0.1, 0.15) is 34.7 Å². The van der Waals surface area contributed by atoms with Gasteiger partial charge in [0.25, 0.3) is 5.56 Å². The molecule has 0 unspecified atom stereocenters. The van der Waals surface area contributed by atoms with Gasteiger partial charge in [-0.2, -0.15) is 0 Å². The molecule has 1 heterocycles. The highest BCUT2D eigenvalue weighted by Crippen LogP contribution is 2.25. The van der Waals surface area contributed by atoms with Gasteiger partial charge in [-0.25, -0.2) is 17.6 Å². The quantitative estimate of drug-likeness (QED) is 0.632. The van der Waals surface area contributed by atoms with Crippen molar-refractivity contribution in [1.29, 1.82) is 0 Å². The fraction of sp³-hybridized carbons (Fsp3) is 0.0526. The van der Waals surface area contributed by atoms with Crippen molar-refractivity contribution in [3.05, 3.63) is 92.4 Å². The highest BCUT2D eigenvalue weighted by molar-refractivity contribution is 6.31. The lowest BCUT2D eigenvalue weighted by atomic mass is 10.1. The molecule has 0 fully saturated rings. The summed E-state index contributed by atoms with van der Waals surface area (Å²) in [4.78, 5) is 23.5. The van der Waals surface area contributed by atoms with Crippen molar-refractivity contribution in [1.82, 2.24) is 4.57 Å². The van der Waals surface area contributed by atoms with Gasteiger partial charge in [0, 0.05) is 23.4 Å². The van der Waals surface area contributed by atoms with Crippen LogP contribution in [0.25, 0.3) is 5.69 Å². The lowest BCUT2D eigenvalue weighted by Gasteiger charge is -2.13. The predicted octanol–water partition coefficient (Wildman–Crippen LogP) is 3.73. The molecule has 0 radical (unpaired) electrons. The number of aromatic nitrogens is 1.